The summed E-state index contributed by atoms with van der Waals surface area (Å²) in [5, 5.41) is 16.0. The van der Waals surface area contributed by atoms with Crippen LogP contribution in [-0.2, 0) is 11.3 Å². The predicted molar refractivity (Wildman–Crippen MR) is 68.4 cm³/mol. The maximum absolute atomic E-state index is 7.53. The van der Waals surface area contributed by atoms with Gasteiger partial charge in [0.15, 0.2) is 0 Å². The molecule has 90 valence electrons. The van der Waals surface area contributed by atoms with E-state index in [-0.39, 0.29) is 5.84 Å². The fourth-order valence-corrected chi connectivity index (χ4v) is 2.18. The molecule has 0 aliphatic carbocycles. The third-order valence-electron chi connectivity index (χ3n) is 2.38. The predicted octanol–water partition coefficient (Wildman–Crippen LogP) is 1.54. The van der Waals surface area contributed by atoms with Crippen molar-refractivity contribution in [3.05, 3.63) is 28.6 Å². The number of hydrogen-bond acceptors (Lipinski definition) is 4. The minimum Gasteiger partial charge on any atom is -0.383 e. The number of nitrogen functional groups attached to an aromatic ring is 1. The summed E-state index contributed by atoms with van der Waals surface area (Å²) in [4.78, 5) is 0. The molecule has 0 aromatic carbocycles. The zero-order valence-electron chi connectivity index (χ0n) is 9.51. The van der Waals surface area contributed by atoms with Crippen LogP contribution >= 0.6 is 11.3 Å². The molecule has 0 fully saturated rings. The summed E-state index contributed by atoms with van der Waals surface area (Å²) in [6.07, 6.45) is 0. The number of rotatable bonds is 5. The molecule has 0 spiro atoms. The van der Waals surface area contributed by atoms with Crippen molar-refractivity contribution in [2.24, 2.45) is 5.73 Å². The first kappa shape index (κ1) is 11.8. The second-order valence-corrected chi connectivity index (χ2v) is 4.34. The minimum atomic E-state index is 0.0232. The molecule has 2 rings (SSSR count). The van der Waals surface area contributed by atoms with Gasteiger partial charge in [0.2, 0.25) is 0 Å². The van der Waals surface area contributed by atoms with Crippen LogP contribution in [0.15, 0.2) is 22.9 Å². The van der Waals surface area contributed by atoms with Gasteiger partial charge in [-0.05, 0) is 17.5 Å². The largest absolute Gasteiger partial charge is 0.383 e. The van der Waals surface area contributed by atoms with Gasteiger partial charge in [-0.2, -0.15) is 16.4 Å². The van der Waals surface area contributed by atoms with Crippen LogP contribution in [0.5, 0.6) is 0 Å². The summed E-state index contributed by atoms with van der Waals surface area (Å²) in [6, 6.07) is 3.83. The SMILES string of the molecule is COCCn1nc(-c2ccsc2)cc1C(=N)N. The molecule has 0 saturated heterocycles. The van der Waals surface area contributed by atoms with Gasteiger partial charge in [0.25, 0.3) is 0 Å². The highest BCUT2D eigenvalue weighted by Crippen LogP contribution is 2.21. The molecule has 3 N–H and O–H groups in total. The van der Waals surface area contributed by atoms with E-state index >= 15 is 0 Å². The lowest BCUT2D eigenvalue weighted by Gasteiger charge is -2.04. The van der Waals surface area contributed by atoms with Crippen LogP contribution in [0.3, 0.4) is 0 Å². The van der Waals surface area contributed by atoms with E-state index in [2.05, 4.69) is 5.10 Å². The maximum Gasteiger partial charge on any atom is 0.141 e. The van der Waals surface area contributed by atoms with Gasteiger partial charge in [-0.3, -0.25) is 10.1 Å². The minimum absolute atomic E-state index is 0.0232. The molecule has 0 aliphatic rings. The fourth-order valence-electron chi connectivity index (χ4n) is 1.53. The fraction of sp³-hybridized carbons (Fsp3) is 0.273. The lowest BCUT2D eigenvalue weighted by molar-refractivity contribution is 0.183. The number of nitrogens with two attached hydrogens (primary N) is 1. The zero-order valence-corrected chi connectivity index (χ0v) is 10.3. The molecule has 0 saturated carbocycles. The summed E-state index contributed by atoms with van der Waals surface area (Å²) < 4.78 is 6.72. The van der Waals surface area contributed by atoms with Gasteiger partial charge in [-0.25, -0.2) is 0 Å². The van der Waals surface area contributed by atoms with Crippen LogP contribution in [0.2, 0.25) is 0 Å². The van der Waals surface area contributed by atoms with Gasteiger partial charge in [0.05, 0.1) is 18.8 Å². The van der Waals surface area contributed by atoms with Crippen molar-refractivity contribution in [2.75, 3.05) is 13.7 Å². The molecule has 5 nitrogen and oxygen atoms in total. The monoisotopic (exact) mass is 250 g/mol. The standard InChI is InChI=1S/C11H14N4OS/c1-16-4-3-15-10(11(12)13)6-9(14-15)8-2-5-17-7-8/h2,5-7H,3-4H2,1H3,(H3,12,13). The Morgan fingerprint density at radius 2 is 2.47 bits per heavy atom. The molecule has 2 aromatic heterocycles. The topological polar surface area (TPSA) is 76.9 Å². The third-order valence-corrected chi connectivity index (χ3v) is 3.06. The molecule has 0 bridgehead atoms. The quantitative estimate of drug-likeness (QED) is 0.624. The van der Waals surface area contributed by atoms with Crippen molar-refractivity contribution in [3.63, 3.8) is 0 Å². The van der Waals surface area contributed by atoms with E-state index in [9.17, 15) is 0 Å². The normalized spacial score (nSPS) is 10.6. The van der Waals surface area contributed by atoms with E-state index in [1.807, 2.05) is 22.9 Å². The van der Waals surface area contributed by atoms with Crippen LogP contribution in [0.25, 0.3) is 11.3 Å². The van der Waals surface area contributed by atoms with Crippen molar-refractivity contribution in [1.82, 2.24) is 9.78 Å². The first-order valence-corrected chi connectivity index (χ1v) is 6.10. The number of amidine groups is 1. The number of thiophene rings is 1. The number of hydrogen-bond donors (Lipinski definition) is 2. The number of ether oxygens (including phenoxy) is 1. The van der Waals surface area contributed by atoms with Gasteiger partial charge < -0.3 is 10.5 Å². The third kappa shape index (κ3) is 2.54. The summed E-state index contributed by atoms with van der Waals surface area (Å²) in [6.45, 7) is 1.14. The Balaban J connectivity index is 2.34. The van der Waals surface area contributed by atoms with Crippen LogP contribution in [-0.4, -0.2) is 29.3 Å². The summed E-state index contributed by atoms with van der Waals surface area (Å²) in [5.74, 6) is 0.0232. The molecule has 0 unspecified atom stereocenters. The average Bonchev–Trinajstić information content (AvgIpc) is 2.94. The lowest BCUT2D eigenvalue weighted by atomic mass is 10.2. The van der Waals surface area contributed by atoms with Gasteiger partial charge >= 0.3 is 0 Å². The maximum atomic E-state index is 7.53. The molecule has 2 aromatic rings. The Morgan fingerprint density at radius 3 is 3.06 bits per heavy atom. The Morgan fingerprint density at radius 1 is 1.65 bits per heavy atom. The smallest absolute Gasteiger partial charge is 0.141 e. The number of methoxy groups -OCH3 is 1. The molecule has 6 heteroatoms. The Hall–Kier alpha value is -1.66. The van der Waals surface area contributed by atoms with E-state index in [1.54, 1.807) is 23.1 Å². The molecular formula is C11H14N4OS. The van der Waals surface area contributed by atoms with Gasteiger partial charge in [0, 0.05) is 18.1 Å². The summed E-state index contributed by atoms with van der Waals surface area (Å²) in [7, 11) is 1.64. The highest BCUT2D eigenvalue weighted by atomic mass is 32.1. The van der Waals surface area contributed by atoms with Gasteiger partial charge in [0.1, 0.15) is 11.5 Å². The molecule has 0 atom stereocenters. The van der Waals surface area contributed by atoms with Crippen LogP contribution in [0.1, 0.15) is 5.69 Å². The molecular weight excluding hydrogens is 236 g/mol. The zero-order chi connectivity index (χ0) is 12.3. The molecule has 0 aliphatic heterocycles. The summed E-state index contributed by atoms with van der Waals surface area (Å²) in [5.41, 5.74) is 8.06. The molecule has 17 heavy (non-hydrogen) atoms. The van der Waals surface area contributed by atoms with Gasteiger partial charge in [-0.1, -0.05) is 0 Å². The van der Waals surface area contributed by atoms with Gasteiger partial charge in [-0.15, -0.1) is 0 Å². The number of aromatic nitrogens is 2. The molecule has 0 amide bonds. The average molecular weight is 250 g/mol. The van der Waals surface area contributed by atoms with Crippen molar-refractivity contribution in [2.45, 2.75) is 6.54 Å². The van der Waals surface area contributed by atoms with Crippen LogP contribution in [0, 0.1) is 5.41 Å². The van der Waals surface area contributed by atoms with E-state index in [4.69, 9.17) is 15.9 Å². The Labute approximate surface area is 103 Å². The first-order chi connectivity index (χ1) is 8.22. The first-order valence-electron chi connectivity index (χ1n) is 5.16. The molecule has 0 radical (unpaired) electrons. The highest BCUT2D eigenvalue weighted by Gasteiger charge is 2.11. The van der Waals surface area contributed by atoms with Crippen molar-refractivity contribution >= 4 is 17.2 Å². The van der Waals surface area contributed by atoms with E-state index in [1.165, 1.54) is 0 Å². The second-order valence-electron chi connectivity index (χ2n) is 3.56. The van der Waals surface area contributed by atoms with Crippen LogP contribution < -0.4 is 5.73 Å². The number of nitrogens with zero attached hydrogens (tertiary/aromatic N) is 2. The van der Waals surface area contributed by atoms with Crippen LogP contribution in [0.4, 0.5) is 0 Å². The Kier molecular flexibility index (Phi) is 3.55. The van der Waals surface area contributed by atoms with E-state index < -0.39 is 0 Å². The van der Waals surface area contributed by atoms with E-state index in [0.29, 0.717) is 18.8 Å². The number of nitrogens with one attached hydrogen (secondary N) is 1. The van der Waals surface area contributed by atoms with Crippen molar-refractivity contribution in [1.29, 1.82) is 5.41 Å². The summed E-state index contributed by atoms with van der Waals surface area (Å²) >= 11 is 1.62. The second kappa shape index (κ2) is 5.11. The van der Waals surface area contributed by atoms with Crippen molar-refractivity contribution < 1.29 is 4.74 Å². The molecule has 2 heterocycles. The van der Waals surface area contributed by atoms with E-state index in [0.717, 1.165) is 11.3 Å². The lowest BCUT2D eigenvalue weighted by Crippen LogP contribution is -2.19. The highest BCUT2D eigenvalue weighted by molar-refractivity contribution is 7.08. The van der Waals surface area contributed by atoms with Crippen molar-refractivity contribution in [3.8, 4) is 11.3 Å². The Bertz CT molecular complexity index is 504.